The molecule has 2 unspecified atom stereocenters. The van der Waals surface area contributed by atoms with E-state index < -0.39 is 12.8 Å². The molecule has 114 valence electrons. The minimum absolute atomic E-state index is 0.177. The highest BCUT2D eigenvalue weighted by Gasteiger charge is 2.28. The largest absolute Gasteiger partial charge is 0.411 e. The molecule has 19 heavy (non-hydrogen) atoms. The first-order valence-corrected chi connectivity index (χ1v) is 7.08. The van der Waals surface area contributed by atoms with Gasteiger partial charge in [-0.2, -0.15) is 13.2 Å². The van der Waals surface area contributed by atoms with E-state index in [1.165, 1.54) is 0 Å². The van der Waals surface area contributed by atoms with Gasteiger partial charge in [-0.15, -0.1) is 0 Å². The summed E-state index contributed by atoms with van der Waals surface area (Å²) < 4.78 is 40.4. The van der Waals surface area contributed by atoms with E-state index in [4.69, 9.17) is 0 Å². The van der Waals surface area contributed by atoms with Crippen LogP contribution in [0.5, 0.6) is 0 Å². The molecule has 1 fully saturated rings. The lowest BCUT2D eigenvalue weighted by Gasteiger charge is -2.40. The lowest BCUT2D eigenvalue weighted by Crippen LogP contribution is -2.56. The fourth-order valence-corrected chi connectivity index (χ4v) is 2.44. The van der Waals surface area contributed by atoms with Crippen LogP contribution in [0.1, 0.15) is 33.1 Å². The standard InChI is InChI=1S/C13H25F3N2O/c1-3-11-9-18(12(4-2)8-17-11)6-5-7-19-10-13(14,15)16/h11-12,17H,3-10H2,1-2H3. The van der Waals surface area contributed by atoms with E-state index in [1.807, 2.05) is 0 Å². The smallest absolute Gasteiger partial charge is 0.372 e. The van der Waals surface area contributed by atoms with Crippen molar-refractivity contribution in [2.45, 2.75) is 51.4 Å². The average molecular weight is 282 g/mol. The number of alkyl halides is 3. The number of halogens is 3. The number of piperazine rings is 1. The van der Waals surface area contributed by atoms with Crippen molar-refractivity contribution in [3.05, 3.63) is 0 Å². The first kappa shape index (κ1) is 16.7. The predicted molar refractivity (Wildman–Crippen MR) is 69.2 cm³/mol. The number of nitrogens with zero attached hydrogens (tertiary/aromatic N) is 1. The number of hydrogen-bond acceptors (Lipinski definition) is 3. The molecule has 1 rings (SSSR count). The zero-order valence-electron chi connectivity index (χ0n) is 11.8. The molecule has 2 atom stereocenters. The van der Waals surface area contributed by atoms with Crippen LogP contribution in [-0.2, 0) is 4.74 Å². The molecule has 0 aromatic heterocycles. The fraction of sp³-hybridized carbons (Fsp3) is 1.00. The van der Waals surface area contributed by atoms with Gasteiger partial charge in [-0.05, 0) is 19.3 Å². The van der Waals surface area contributed by atoms with Crippen LogP contribution in [0.15, 0.2) is 0 Å². The molecule has 0 spiro atoms. The third-order valence-corrected chi connectivity index (χ3v) is 3.58. The Kier molecular flexibility index (Phi) is 7.10. The number of ether oxygens (including phenoxy) is 1. The monoisotopic (exact) mass is 282 g/mol. The molecular formula is C13H25F3N2O. The summed E-state index contributed by atoms with van der Waals surface area (Å²) in [6, 6.07) is 0.990. The molecule has 0 radical (unpaired) electrons. The molecule has 0 bridgehead atoms. The minimum atomic E-state index is -4.21. The van der Waals surface area contributed by atoms with Crippen molar-refractivity contribution in [2.75, 3.05) is 32.8 Å². The summed E-state index contributed by atoms with van der Waals surface area (Å²) in [5.41, 5.74) is 0. The summed E-state index contributed by atoms with van der Waals surface area (Å²) >= 11 is 0. The minimum Gasteiger partial charge on any atom is -0.372 e. The highest BCUT2D eigenvalue weighted by atomic mass is 19.4. The van der Waals surface area contributed by atoms with E-state index in [0.29, 0.717) is 18.5 Å². The van der Waals surface area contributed by atoms with E-state index >= 15 is 0 Å². The summed E-state index contributed by atoms with van der Waals surface area (Å²) in [6.45, 7) is 6.10. The molecule has 1 aliphatic heterocycles. The van der Waals surface area contributed by atoms with Gasteiger partial charge in [0.15, 0.2) is 0 Å². The van der Waals surface area contributed by atoms with E-state index in [9.17, 15) is 13.2 Å². The third-order valence-electron chi connectivity index (χ3n) is 3.58. The lowest BCUT2D eigenvalue weighted by atomic mass is 10.1. The maximum Gasteiger partial charge on any atom is 0.411 e. The second kappa shape index (κ2) is 8.07. The van der Waals surface area contributed by atoms with Crippen molar-refractivity contribution < 1.29 is 17.9 Å². The van der Waals surface area contributed by atoms with Crippen molar-refractivity contribution in [3.63, 3.8) is 0 Å². The van der Waals surface area contributed by atoms with Crippen LogP contribution < -0.4 is 5.32 Å². The Balaban J connectivity index is 2.21. The predicted octanol–water partition coefficient (Wildman–Crippen LogP) is 2.42. The highest BCUT2D eigenvalue weighted by molar-refractivity contribution is 4.84. The summed E-state index contributed by atoms with van der Waals surface area (Å²) in [6.07, 6.45) is -1.42. The van der Waals surface area contributed by atoms with Crippen LogP contribution in [0.25, 0.3) is 0 Å². The second-order valence-corrected chi connectivity index (χ2v) is 5.09. The van der Waals surface area contributed by atoms with E-state index in [2.05, 4.69) is 28.8 Å². The van der Waals surface area contributed by atoms with Gasteiger partial charge in [0.05, 0.1) is 0 Å². The van der Waals surface area contributed by atoms with Crippen LogP contribution in [0.3, 0.4) is 0 Å². The van der Waals surface area contributed by atoms with Crippen molar-refractivity contribution >= 4 is 0 Å². The molecule has 3 nitrogen and oxygen atoms in total. The fourth-order valence-electron chi connectivity index (χ4n) is 2.44. The lowest BCUT2D eigenvalue weighted by molar-refractivity contribution is -0.174. The summed E-state index contributed by atoms with van der Waals surface area (Å²) in [5.74, 6) is 0. The van der Waals surface area contributed by atoms with Gasteiger partial charge in [0.25, 0.3) is 0 Å². The molecule has 0 amide bonds. The van der Waals surface area contributed by atoms with Gasteiger partial charge in [-0.1, -0.05) is 13.8 Å². The Hall–Kier alpha value is -0.330. The molecule has 0 saturated carbocycles. The molecule has 0 aliphatic carbocycles. The summed E-state index contributed by atoms with van der Waals surface area (Å²) in [5, 5.41) is 3.50. The van der Waals surface area contributed by atoms with E-state index in [1.54, 1.807) is 0 Å². The van der Waals surface area contributed by atoms with Gasteiger partial charge >= 0.3 is 6.18 Å². The molecule has 1 aliphatic rings. The van der Waals surface area contributed by atoms with Crippen molar-refractivity contribution in [2.24, 2.45) is 0 Å². The zero-order chi connectivity index (χ0) is 14.3. The SMILES string of the molecule is CCC1CN(CCCOCC(F)(F)F)C(CC)CN1. The zero-order valence-corrected chi connectivity index (χ0v) is 11.8. The van der Waals surface area contributed by atoms with Gasteiger partial charge in [-0.3, -0.25) is 4.90 Å². The molecule has 1 heterocycles. The number of nitrogens with one attached hydrogen (secondary N) is 1. The number of hydrogen-bond donors (Lipinski definition) is 1. The molecule has 1 N–H and O–H groups in total. The Bertz CT molecular complexity index is 249. The van der Waals surface area contributed by atoms with Crippen molar-refractivity contribution in [1.82, 2.24) is 10.2 Å². The maximum atomic E-state index is 11.9. The molecule has 6 heteroatoms. The molecule has 1 saturated heterocycles. The van der Waals surface area contributed by atoms with E-state index in [0.717, 1.165) is 32.5 Å². The Morgan fingerprint density at radius 2 is 2.00 bits per heavy atom. The molecule has 0 aromatic carbocycles. The summed E-state index contributed by atoms with van der Waals surface area (Å²) in [7, 11) is 0. The van der Waals surface area contributed by atoms with Gasteiger partial charge < -0.3 is 10.1 Å². The number of rotatable bonds is 7. The Morgan fingerprint density at radius 1 is 1.26 bits per heavy atom. The second-order valence-electron chi connectivity index (χ2n) is 5.09. The van der Waals surface area contributed by atoms with Crippen LogP contribution in [0.4, 0.5) is 13.2 Å². The quantitative estimate of drug-likeness (QED) is 0.726. The third kappa shape index (κ3) is 6.58. The van der Waals surface area contributed by atoms with Crippen LogP contribution in [0, 0.1) is 0 Å². The van der Waals surface area contributed by atoms with E-state index in [-0.39, 0.29) is 6.61 Å². The first-order valence-electron chi connectivity index (χ1n) is 7.08. The first-order chi connectivity index (χ1) is 8.96. The van der Waals surface area contributed by atoms with Gasteiger partial charge in [0.1, 0.15) is 6.61 Å². The molecule has 0 aromatic rings. The van der Waals surface area contributed by atoms with Gasteiger partial charge in [0.2, 0.25) is 0 Å². The molecular weight excluding hydrogens is 257 g/mol. The Morgan fingerprint density at radius 3 is 2.58 bits per heavy atom. The van der Waals surface area contributed by atoms with Crippen molar-refractivity contribution in [1.29, 1.82) is 0 Å². The average Bonchev–Trinajstić information content (AvgIpc) is 2.36. The van der Waals surface area contributed by atoms with Crippen LogP contribution in [-0.4, -0.2) is 56.0 Å². The normalized spacial score (nSPS) is 25.7. The summed E-state index contributed by atoms with van der Waals surface area (Å²) in [4.78, 5) is 2.38. The van der Waals surface area contributed by atoms with Gasteiger partial charge in [0, 0.05) is 38.3 Å². The maximum absolute atomic E-state index is 11.9. The Labute approximate surface area is 113 Å². The van der Waals surface area contributed by atoms with Gasteiger partial charge in [-0.25, -0.2) is 0 Å². The van der Waals surface area contributed by atoms with Crippen LogP contribution >= 0.6 is 0 Å². The van der Waals surface area contributed by atoms with Crippen LogP contribution in [0.2, 0.25) is 0 Å². The van der Waals surface area contributed by atoms with Crippen molar-refractivity contribution in [3.8, 4) is 0 Å². The topological polar surface area (TPSA) is 24.5 Å². The highest BCUT2D eigenvalue weighted by Crippen LogP contribution is 2.15.